The molecule has 0 aromatic heterocycles. The number of aliphatic hydroxyl groups excluding tert-OH is 1. The van der Waals surface area contributed by atoms with E-state index in [2.05, 4.69) is 18.3 Å². The van der Waals surface area contributed by atoms with Gasteiger partial charge in [0.05, 0.1) is 6.10 Å². The number of anilines is 1. The number of hydrogen-bond donors (Lipinski definition) is 2. The van der Waals surface area contributed by atoms with Crippen molar-refractivity contribution in [3.8, 4) is 0 Å². The van der Waals surface area contributed by atoms with Crippen LogP contribution in [0.1, 0.15) is 64.0 Å². The summed E-state index contributed by atoms with van der Waals surface area (Å²) in [5.41, 5.74) is 2.53. The van der Waals surface area contributed by atoms with Crippen molar-refractivity contribution in [2.24, 2.45) is 0 Å². The highest BCUT2D eigenvalue weighted by Gasteiger charge is 2.27. The highest BCUT2D eigenvalue weighted by molar-refractivity contribution is 5.86. The van der Waals surface area contributed by atoms with Gasteiger partial charge in [0.25, 0.3) is 0 Å². The molecular formula is C18H27NO3. The van der Waals surface area contributed by atoms with Crippen molar-refractivity contribution in [2.75, 3.05) is 5.32 Å². The molecule has 22 heavy (non-hydrogen) atoms. The Balaban J connectivity index is 2.23. The summed E-state index contributed by atoms with van der Waals surface area (Å²) in [7, 11) is 0. The minimum absolute atomic E-state index is 0.342. The van der Waals surface area contributed by atoms with E-state index in [0.29, 0.717) is 12.3 Å². The topological polar surface area (TPSA) is 58.6 Å². The number of rotatable bonds is 3. The molecule has 0 radical (unpaired) electrons. The molecule has 4 heteroatoms. The Kier molecular flexibility index (Phi) is 5.12. The number of carbonyl (C=O) groups is 1. The average Bonchev–Trinajstić information content (AvgIpc) is 2.37. The second-order valence-electron chi connectivity index (χ2n) is 7.08. The molecule has 0 fully saturated rings. The molecule has 2 rings (SSSR count). The Labute approximate surface area is 132 Å². The van der Waals surface area contributed by atoms with Crippen molar-refractivity contribution < 1.29 is 14.6 Å². The summed E-state index contributed by atoms with van der Waals surface area (Å²) in [6.07, 6.45) is 2.73. The number of benzene rings is 1. The van der Waals surface area contributed by atoms with Crippen molar-refractivity contribution >= 4 is 11.8 Å². The van der Waals surface area contributed by atoms with E-state index >= 15 is 0 Å². The predicted molar refractivity (Wildman–Crippen MR) is 88.3 cm³/mol. The van der Waals surface area contributed by atoms with Gasteiger partial charge in [-0.05, 0) is 56.7 Å². The number of amides is 1. The van der Waals surface area contributed by atoms with E-state index in [4.69, 9.17) is 4.74 Å². The molecule has 2 unspecified atom stereocenters. The van der Waals surface area contributed by atoms with Crippen LogP contribution in [-0.4, -0.2) is 22.9 Å². The van der Waals surface area contributed by atoms with E-state index in [1.807, 2.05) is 32.9 Å². The maximum atomic E-state index is 12.0. The first-order chi connectivity index (χ1) is 10.3. The third-order valence-electron chi connectivity index (χ3n) is 3.92. The lowest BCUT2D eigenvalue weighted by atomic mass is 9.78. The Hall–Kier alpha value is -1.55. The van der Waals surface area contributed by atoms with E-state index in [0.717, 1.165) is 30.5 Å². The van der Waals surface area contributed by atoms with Crippen molar-refractivity contribution in [3.05, 3.63) is 29.3 Å². The lowest BCUT2D eigenvalue weighted by molar-refractivity contribution is 0.0635. The van der Waals surface area contributed by atoms with E-state index in [1.165, 1.54) is 5.56 Å². The Morgan fingerprint density at radius 2 is 2.14 bits per heavy atom. The van der Waals surface area contributed by atoms with Crippen molar-refractivity contribution in [1.29, 1.82) is 0 Å². The molecule has 0 heterocycles. The maximum Gasteiger partial charge on any atom is 0.412 e. The van der Waals surface area contributed by atoms with Crippen molar-refractivity contribution in [3.63, 3.8) is 0 Å². The number of hydrogen-bond acceptors (Lipinski definition) is 3. The van der Waals surface area contributed by atoms with Gasteiger partial charge >= 0.3 is 6.09 Å². The number of fused-ring (bicyclic) bond motifs is 1. The van der Waals surface area contributed by atoms with Gasteiger partial charge in [0.1, 0.15) is 5.60 Å². The van der Waals surface area contributed by atoms with Crippen molar-refractivity contribution in [1.82, 2.24) is 0 Å². The first-order valence-corrected chi connectivity index (χ1v) is 8.10. The second kappa shape index (κ2) is 6.69. The predicted octanol–water partition coefficient (Wildman–Crippen LogP) is 4.22. The van der Waals surface area contributed by atoms with Gasteiger partial charge in [-0.3, -0.25) is 5.32 Å². The zero-order chi connectivity index (χ0) is 16.3. The van der Waals surface area contributed by atoms with Crippen LogP contribution in [0.15, 0.2) is 18.2 Å². The van der Waals surface area contributed by atoms with Crippen LogP contribution >= 0.6 is 0 Å². The van der Waals surface area contributed by atoms with Crippen molar-refractivity contribution in [2.45, 2.75) is 71.0 Å². The van der Waals surface area contributed by atoms with Crippen LogP contribution in [0.4, 0.5) is 10.5 Å². The Bertz CT molecular complexity index is 534. The maximum absolute atomic E-state index is 12.0. The molecular weight excluding hydrogens is 278 g/mol. The number of aliphatic hydroxyl groups is 1. The lowest BCUT2D eigenvalue weighted by Crippen LogP contribution is -2.29. The average molecular weight is 305 g/mol. The molecule has 122 valence electrons. The summed E-state index contributed by atoms with van der Waals surface area (Å²) < 4.78 is 5.32. The molecule has 2 N–H and O–H groups in total. The van der Waals surface area contributed by atoms with Gasteiger partial charge < -0.3 is 9.84 Å². The minimum Gasteiger partial charge on any atom is -0.444 e. The highest BCUT2D eigenvalue weighted by Crippen LogP contribution is 2.38. The Morgan fingerprint density at radius 1 is 1.41 bits per heavy atom. The first kappa shape index (κ1) is 16.8. The summed E-state index contributed by atoms with van der Waals surface area (Å²) in [5, 5.41) is 13.0. The van der Waals surface area contributed by atoms with Gasteiger partial charge in [-0.2, -0.15) is 0 Å². The SMILES string of the molecule is CCCC1CC(O)Cc2c(NC(=O)OC(C)(C)C)cccc21. The largest absolute Gasteiger partial charge is 0.444 e. The quantitative estimate of drug-likeness (QED) is 0.879. The van der Waals surface area contributed by atoms with Gasteiger partial charge in [0.15, 0.2) is 0 Å². The normalized spacial score (nSPS) is 21.1. The van der Waals surface area contributed by atoms with Gasteiger partial charge in [-0.15, -0.1) is 0 Å². The third kappa shape index (κ3) is 4.23. The van der Waals surface area contributed by atoms with E-state index in [-0.39, 0.29) is 6.10 Å². The Morgan fingerprint density at radius 3 is 2.77 bits per heavy atom. The summed E-state index contributed by atoms with van der Waals surface area (Å²) in [6.45, 7) is 7.68. The molecule has 4 nitrogen and oxygen atoms in total. The fraction of sp³-hybridized carbons (Fsp3) is 0.611. The molecule has 1 aliphatic carbocycles. The van der Waals surface area contributed by atoms with Gasteiger partial charge in [-0.1, -0.05) is 25.5 Å². The minimum atomic E-state index is -0.525. The smallest absolute Gasteiger partial charge is 0.412 e. The van der Waals surface area contributed by atoms with Gasteiger partial charge in [-0.25, -0.2) is 4.79 Å². The summed E-state index contributed by atoms with van der Waals surface area (Å²) >= 11 is 0. The molecule has 0 saturated heterocycles. The van der Waals surface area contributed by atoms with Crippen LogP contribution in [-0.2, 0) is 11.2 Å². The zero-order valence-electron chi connectivity index (χ0n) is 14.0. The molecule has 1 aliphatic rings. The van der Waals surface area contributed by atoms with Gasteiger partial charge in [0, 0.05) is 12.1 Å². The monoisotopic (exact) mass is 305 g/mol. The molecule has 2 atom stereocenters. The summed E-state index contributed by atoms with van der Waals surface area (Å²) in [6, 6.07) is 5.96. The fourth-order valence-electron chi connectivity index (χ4n) is 3.14. The number of carbonyl (C=O) groups excluding carboxylic acids is 1. The van der Waals surface area contributed by atoms with Crippen LogP contribution < -0.4 is 5.32 Å². The molecule has 1 amide bonds. The molecule has 0 bridgehead atoms. The third-order valence-corrected chi connectivity index (χ3v) is 3.92. The first-order valence-electron chi connectivity index (χ1n) is 8.10. The molecule has 0 saturated carbocycles. The van der Waals surface area contributed by atoms with Crippen LogP contribution in [0, 0.1) is 0 Å². The summed E-state index contributed by atoms with van der Waals surface area (Å²) in [5.74, 6) is 0.365. The van der Waals surface area contributed by atoms with E-state index in [1.54, 1.807) is 0 Å². The lowest BCUT2D eigenvalue weighted by Gasteiger charge is -2.30. The molecule has 1 aromatic rings. The molecule has 1 aromatic carbocycles. The zero-order valence-corrected chi connectivity index (χ0v) is 14.0. The van der Waals surface area contributed by atoms with Crippen LogP contribution in [0.5, 0.6) is 0 Å². The molecule has 0 aliphatic heterocycles. The number of nitrogens with one attached hydrogen (secondary N) is 1. The fourth-order valence-corrected chi connectivity index (χ4v) is 3.14. The van der Waals surface area contributed by atoms with Crippen LogP contribution in [0.2, 0.25) is 0 Å². The summed E-state index contributed by atoms with van der Waals surface area (Å²) in [4.78, 5) is 12.0. The van der Waals surface area contributed by atoms with Gasteiger partial charge in [0.2, 0.25) is 0 Å². The van der Waals surface area contributed by atoms with E-state index < -0.39 is 11.7 Å². The second-order valence-corrected chi connectivity index (χ2v) is 7.08. The van der Waals surface area contributed by atoms with Crippen LogP contribution in [0.25, 0.3) is 0 Å². The molecule has 0 spiro atoms. The van der Waals surface area contributed by atoms with Crippen LogP contribution in [0.3, 0.4) is 0 Å². The highest BCUT2D eigenvalue weighted by atomic mass is 16.6. The van der Waals surface area contributed by atoms with E-state index in [9.17, 15) is 9.90 Å². The standard InChI is InChI=1S/C18H27NO3/c1-5-7-12-10-13(20)11-15-14(12)8-6-9-16(15)19-17(21)22-18(2,3)4/h6,8-9,12-13,20H,5,7,10-11H2,1-4H3,(H,19,21). The number of ether oxygens (including phenoxy) is 1.